The Labute approximate surface area is 186 Å². The summed E-state index contributed by atoms with van der Waals surface area (Å²) in [5.41, 5.74) is 1.67. The first-order chi connectivity index (χ1) is 15.0. The fraction of sp³-hybridized carbons (Fsp3) is 0.0500. The van der Waals surface area contributed by atoms with Gasteiger partial charge in [0.15, 0.2) is 0 Å². The van der Waals surface area contributed by atoms with Gasteiger partial charge >= 0.3 is 0 Å². The van der Waals surface area contributed by atoms with Crippen molar-refractivity contribution in [3.05, 3.63) is 71.0 Å². The zero-order valence-corrected chi connectivity index (χ0v) is 17.6. The number of hydrogen-bond acceptors (Lipinski definition) is 9. The number of ether oxygens (including phenoxy) is 1. The van der Waals surface area contributed by atoms with Crippen molar-refractivity contribution in [3.8, 4) is 11.8 Å². The van der Waals surface area contributed by atoms with Crippen molar-refractivity contribution < 1.29 is 9.94 Å². The predicted octanol–water partition coefficient (Wildman–Crippen LogP) is 4.96. The number of aromatic nitrogens is 3. The number of methoxy groups -OCH3 is 1. The summed E-state index contributed by atoms with van der Waals surface area (Å²) in [6.07, 6.45) is 6.57. The molecule has 9 nitrogen and oxygen atoms in total. The van der Waals surface area contributed by atoms with E-state index in [-0.39, 0.29) is 22.2 Å². The highest BCUT2D eigenvalue weighted by atomic mass is 35.5. The molecule has 11 heteroatoms. The van der Waals surface area contributed by atoms with Crippen molar-refractivity contribution in [1.82, 2.24) is 13.9 Å². The fourth-order valence-electron chi connectivity index (χ4n) is 2.95. The Hall–Kier alpha value is -3.49. The van der Waals surface area contributed by atoms with Gasteiger partial charge in [0, 0.05) is 40.6 Å². The largest absolute Gasteiger partial charge is 0.733 e. The lowest BCUT2D eigenvalue weighted by Gasteiger charge is -2.24. The Morgan fingerprint density at radius 1 is 1.35 bits per heavy atom. The molecule has 0 atom stereocenters. The molecule has 0 aliphatic carbocycles. The topological polar surface area (TPSA) is 122 Å². The highest BCUT2D eigenvalue weighted by Crippen LogP contribution is 2.38. The minimum atomic E-state index is -0.292. The van der Waals surface area contributed by atoms with E-state index in [1.807, 2.05) is 22.3 Å². The number of nitrogens with zero attached hydrogens (tertiary/aromatic N) is 5. The van der Waals surface area contributed by atoms with Gasteiger partial charge in [0.1, 0.15) is 18.1 Å². The fourth-order valence-corrected chi connectivity index (χ4v) is 3.96. The Bertz CT molecular complexity index is 1290. The summed E-state index contributed by atoms with van der Waals surface area (Å²) in [4.78, 5) is 9.07. The third kappa shape index (κ3) is 4.21. The molecule has 31 heavy (non-hydrogen) atoms. The lowest BCUT2D eigenvalue weighted by molar-refractivity contribution is 0.290. The molecule has 2 N–H and O–H groups in total. The van der Waals surface area contributed by atoms with E-state index >= 15 is 0 Å². The number of benzene rings is 2. The van der Waals surface area contributed by atoms with E-state index in [0.29, 0.717) is 27.3 Å². The molecule has 0 aliphatic heterocycles. The zero-order chi connectivity index (χ0) is 22.0. The summed E-state index contributed by atoms with van der Waals surface area (Å²) < 4.78 is 6.96. The van der Waals surface area contributed by atoms with Gasteiger partial charge in [0.25, 0.3) is 0 Å². The molecule has 0 saturated heterocycles. The molecule has 0 aliphatic rings. The molecule has 0 radical (unpaired) electrons. The molecule has 2 aromatic heterocycles. The van der Waals surface area contributed by atoms with Crippen LogP contribution >= 0.6 is 23.5 Å². The average Bonchev–Trinajstić information content (AvgIpc) is 3.28. The lowest BCUT2D eigenvalue weighted by Crippen LogP contribution is -2.09. The standard InChI is InChI=1S/C20H14ClN6O3S/c1-30-18-8-16-14(7-17(18)27(28)29)20(12(9-22)10-24-16)25-13-2-3-19(15(21)6-13)31-26-5-4-23-11-26/h2-8,10-11,28H,1H3,(H,24,25)/q-1. The molecule has 0 spiro atoms. The molecule has 0 unspecified atom stereocenters. The van der Waals surface area contributed by atoms with Crippen LogP contribution in [0.2, 0.25) is 5.02 Å². The van der Waals surface area contributed by atoms with Crippen LogP contribution in [0.15, 0.2) is 60.1 Å². The average molecular weight is 454 g/mol. The number of nitrogens with one attached hydrogen (secondary N) is 1. The van der Waals surface area contributed by atoms with Crippen molar-refractivity contribution in [2.45, 2.75) is 4.90 Å². The second-order valence-electron chi connectivity index (χ2n) is 6.26. The van der Waals surface area contributed by atoms with E-state index in [1.165, 1.54) is 37.4 Å². The molecule has 0 bridgehead atoms. The number of pyridine rings is 1. The Balaban J connectivity index is 1.76. The van der Waals surface area contributed by atoms with Crippen LogP contribution in [0.1, 0.15) is 5.56 Å². The molecular weight excluding hydrogens is 440 g/mol. The molecule has 4 aromatic rings. The normalized spacial score (nSPS) is 10.7. The van der Waals surface area contributed by atoms with Crippen molar-refractivity contribution in [3.63, 3.8) is 0 Å². The van der Waals surface area contributed by atoms with Gasteiger partial charge in [-0.15, -0.1) is 0 Å². The minimum absolute atomic E-state index is 0.111. The SMILES string of the molecule is COc1cc2ncc(C#N)c(Nc3ccc(Sn4ccnc4)c(Cl)c3)c2cc1N([O-])O. The van der Waals surface area contributed by atoms with Gasteiger partial charge in [0.05, 0.1) is 34.6 Å². The first-order valence-electron chi connectivity index (χ1n) is 8.80. The number of nitriles is 1. The van der Waals surface area contributed by atoms with Gasteiger partial charge in [0.2, 0.25) is 0 Å². The van der Waals surface area contributed by atoms with Crippen molar-refractivity contribution in [2.75, 3.05) is 17.7 Å². The molecular formula is C20H14ClN6O3S-. The summed E-state index contributed by atoms with van der Waals surface area (Å²) in [6, 6.07) is 10.4. The first-order valence-corrected chi connectivity index (χ1v) is 9.95. The van der Waals surface area contributed by atoms with Crippen LogP contribution in [-0.4, -0.2) is 26.3 Å². The second-order valence-corrected chi connectivity index (χ2v) is 7.71. The third-order valence-corrected chi connectivity index (χ3v) is 5.78. The Morgan fingerprint density at radius 2 is 2.19 bits per heavy atom. The van der Waals surface area contributed by atoms with E-state index in [0.717, 1.165) is 4.90 Å². The van der Waals surface area contributed by atoms with Crippen LogP contribution < -0.4 is 15.3 Å². The summed E-state index contributed by atoms with van der Waals surface area (Å²) in [5.74, 6) is 0.150. The van der Waals surface area contributed by atoms with Gasteiger partial charge < -0.3 is 20.5 Å². The van der Waals surface area contributed by atoms with Crippen LogP contribution in [-0.2, 0) is 0 Å². The van der Waals surface area contributed by atoms with E-state index in [1.54, 1.807) is 18.6 Å². The van der Waals surface area contributed by atoms with Crippen molar-refractivity contribution >= 4 is 51.5 Å². The maximum atomic E-state index is 11.6. The lowest BCUT2D eigenvalue weighted by atomic mass is 10.1. The van der Waals surface area contributed by atoms with Crippen LogP contribution in [0.5, 0.6) is 5.75 Å². The molecule has 0 fully saturated rings. The molecule has 0 saturated carbocycles. The number of halogens is 1. The smallest absolute Gasteiger partial charge is 0.145 e. The maximum Gasteiger partial charge on any atom is 0.145 e. The van der Waals surface area contributed by atoms with Crippen LogP contribution in [0.4, 0.5) is 17.1 Å². The van der Waals surface area contributed by atoms with Gasteiger partial charge in [-0.1, -0.05) is 11.6 Å². The van der Waals surface area contributed by atoms with E-state index in [2.05, 4.69) is 21.4 Å². The first kappa shape index (κ1) is 20.8. The number of rotatable bonds is 6. The number of imidazole rings is 1. The second kappa shape index (κ2) is 8.71. The van der Waals surface area contributed by atoms with Crippen molar-refractivity contribution in [1.29, 1.82) is 5.26 Å². The van der Waals surface area contributed by atoms with Gasteiger partial charge in [-0.3, -0.25) is 14.2 Å². The Morgan fingerprint density at radius 3 is 2.84 bits per heavy atom. The number of fused-ring (bicyclic) bond motifs is 1. The highest BCUT2D eigenvalue weighted by molar-refractivity contribution is 7.98. The van der Waals surface area contributed by atoms with E-state index in [4.69, 9.17) is 16.3 Å². The third-order valence-electron chi connectivity index (χ3n) is 4.38. The molecule has 2 heterocycles. The molecule has 2 aromatic carbocycles. The summed E-state index contributed by atoms with van der Waals surface area (Å²) in [7, 11) is 1.38. The van der Waals surface area contributed by atoms with Gasteiger partial charge in [-0.2, -0.15) is 5.26 Å². The summed E-state index contributed by atoms with van der Waals surface area (Å²) in [5, 5.41) is 34.4. The van der Waals surface area contributed by atoms with Crippen molar-refractivity contribution in [2.24, 2.45) is 0 Å². The van der Waals surface area contributed by atoms with Gasteiger partial charge in [-0.25, -0.2) is 4.98 Å². The number of hydrogen-bond donors (Lipinski definition) is 2. The molecule has 4 rings (SSSR count). The predicted molar refractivity (Wildman–Crippen MR) is 119 cm³/mol. The summed E-state index contributed by atoms with van der Waals surface area (Å²) >= 11 is 7.85. The monoisotopic (exact) mass is 453 g/mol. The Kier molecular flexibility index (Phi) is 5.83. The molecule has 156 valence electrons. The minimum Gasteiger partial charge on any atom is -0.733 e. The summed E-state index contributed by atoms with van der Waals surface area (Å²) in [6.45, 7) is 0. The molecule has 0 amide bonds. The maximum absolute atomic E-state index is 11.6. The van der Waals surface area contributed by atoms with Crippen LogP contribution in [0.3, 0.4) is 0 Å². The van der Waals surface area contributed by atoms with Crippen LogP contribution in [0, 0.1) is 16.5 Å². The van der Waals surface area contributed by atoms with Crippen LogP contribution in [0.25, 0.3) is 10.9 Å². The van der Waals surface area contributed by atoms with E-state index < -0.39 is 0 Å². The highest BCUT2D eigenvalue weighted by Gasteiger charge is 2.15. The zero-order valence-electron chi connectivity index (χ0n) is 16.0. The number of anilines is 3. The van der Waals surface area contributed by atoms with Gasteiger partial charge in [-0.05, 0) is 36.2 Å². The van der Waals surface area contributed by atoms with E-state index in [9.17, 15) is 15.7 Å². The quantitative estimate of drug-likeness (QED) is 0.390.